The topological polar surface area (TPSA) is 12.0 Å². The Hall–Kier alpha value is -0.860. The average molecular weight is 247 g/mol. The van der Waals surface area contributed by atoms with Crippen molar-refractivity contribution >= 4 is 21.4 Å². The van der Waals surface area contributed by atoms with E-state index < -0.39 is 0 Å². The number of nitrogens with one attached hydrogen (secondary N) is 1. The van der Waals surface area contributed by atoms with Gasteiger partial charge in [-0.05, 0) is 43.8 Å². The summed E-state index contributed by atoms with van der Waals surface area (Å²) in [6.45, 7) is 7.67. The van der Waals surface area contributed by atoms with E-state index in [9.17, 15) is 0 Å². The van der Waals surface area contributed by atoms with Crippen LogP contribution in [0, 0.1) is 13.8 Å². The molecule has 0 fully saturated rings. The van der Waals surface area contributed by atoms with Crippen LogP contribution in [-0.4, -0.2) is 7.05 Å². The first-order valence-electron chi connectivity index (χ1n) is 6.33. The molecular weight excluding hydrogens is 226 g/mol. The molecule has 2 aromatic rings. The van der Waals surface area contributed by atoms with Gasteiger partial charge >= 0.3 is 0 Å². The largest absolute Gasteiger partial charge is 0.315 e. The van der Waals surface area contributed by atoms with Crippen LogP contribution in [0.1, 0.15) is 34.9 Å². The van der Waals surface area contributed by atoms with E-state index in [-0.39, 0.29) is 0 Å². The predicted octanol–water partition coefficient (Wildman–Crippen LogP) is 4.19. The van der Waals surface area contributed by atoms with Crippen LogP contribution in [0.3, 0.4) is 0 Å². The lowest BCUT2D eigenvalue weighted by Crippen LogP contribution is -2.05. The predicted molar refractivity (Wildman–Crippen MR) is 78.1 cm³/mol. The molecule has 1 aromatic heterocycles. The van der Waals surface area contributed by atoms with Gasteiger partial charge in [-0.15, -0.1) is 11.3 Å². The number of benzene rings is 1. The fraction of sp³-hybridized carbons (Fsp3) is 0.467. The van der Waals surface area contributed by atoms with Crippen LogP contribution in [0.25, 0.3) is 10.1 Å². The summed E-state index contributed by atoms with van der Waals surface area (Å²) < 4.78 is 1.48. The molecule has 0 bridgehead atoms. The molecule has 2 rings (SSSR count). The number of aryl methyl sites for hydroxylation is 3. The van der Waals surface area contributed by atoms with Crippen LogP contribution < -0.4 is 5.32 Å². The number of hydrogen-bond acceptors (Lipinski definition) is 2. The van der Waals surface area contributed by atoms with Crippen LogP contribution in [0.5, 0.6) is 0 Å². The molecule has 0 unspecified atom stereocenters. The van der Waals surface area contributed by atoms with Crippen LogP contribution in [0.2, 0.25) is 0 Å². The minimum absolute atomic E-state index is 0.993. The van der Waals surface area contributed by atoms with Crippen molar-refractivity contribution in [2.75, 3.05) is 7.05 Å². The highest BCUT2D eigenvalue weighted by Gasteiger charge is 2.12. The molecule has 0 aliphatic rings. The van der Waals surface area contributed by atoms with Gasteiger partial charge < -0.3 is 5.32 Å². The molecule has 0 aliphatic carbocycles. The molecule has 2 heteroatoms. The molecule has 1 nitrogen and oxygen atoms in total. The van der Waals surface area contributed by atoms with Gasteiger partial charge in [-0.1, -0.05) is 31.0 Å². The molecule has 1 aromatic carbocycles. The van der Waals surface area contributed by atoms with Gasteiger partial charge in [-0.3, -0.25) is 0 Å². The quantitative estimate of drug-likeness (QED) is 0.854. The lowest BCUT2D eigenvalue weighted by molar-refractivity contribution is 0.812. The van der Waals surface area contributed by atoms with Crippen molar-refractivity contribution in [1.29, 1.82) is 0 Å². The Labute approximate surface area is 108 Å². The van der Waals surface area contributed by atoms with Gasteiger partial charge in [0.25, 0.3) is 0 Å². The van der Waals surface area contributed by atoms with Crippen molar-refractivity contribution in [2.45, 2.75) is 40.2 Å². The molecule has 92 valence electrons. The zero-order valence-electron chi connectivity index (χ0n) is 11.2. The van der Waals surface area contributed by atoms with Crippen LogP contribution >= 0.6 is 11.3 Å². The summed E-state index contributed by atoms with van der Waals surface area (Å²) in [5.41, 5.74) is 4.36. The molecule has 1 heterocycles. The van der Waals surface area contributed by atoms with Crippen molar-refractivity contribution in [2.24, 2.45) is 0 Å². The maximum Gasteiger partial charge on any atom is 0.0378 e. The first-order chi connectivity index (χ1) is 8.17. The first-order valence-corrected chi connectivity index (χ1v) is 7.15. The van der Waals surface area contributed by atoms with E-state index in [1.807, 2.05) is 18.4 Å². The Morgan fingerprint density at radius 2 is 2.00 bits per heavy atom. The summed E-state index contributed by atoms with van der Waals surface area (Å²) in [6, 6.07) is 4.64. The molecule has 0 saturated carbocycles. The molecule has 0 saturated heterocycles. The lowest BCUT2D eigenvalue weighted by atomic mass is 10.0. The van der Waals surface area contributed by atoms with E-state index in [4.69, 9.17) is 0 Å². The Morgan fingerprint density at radius 1 is 1.24 bits per heavy atom. The lowest BCUT2D eigenvalue weighted by Gasteiger charge is -2.03. The van der Waals surface area contributed by atoms with Gasteiger partial charge in [0, 0.05) is 16.1 Å². The van der Waals surface area contributed by atoms with Crippen molar-refractivity contribution < 1.29 is 0 Å². The van der Waals surface area contributed by atoms with Gasteiger partial charge in [0.05, 0.1) is 0 Å². The van der Waals surface area contributed by atoms with Crippen LogP contribution in [0.15, 0.2) is 12.1 Å². The maximum atomic E-state index is 3.29. The normalized spacial score (nSPS) is 11.3. The van der Waals surface area contributed by atoms with Crippen LogP contribution in [-0.2, 0) is 13.0 Å². The number of fused-ring (bicyclic) bond motifs is 1. The Kier molecular flexibility index (Phi) is 3.85. The summed E-state index contributed by atoms with van der Waals surface area (Å²) in [5.74, 6) is 0. The van der Waals surface area contributed by atoms with Crippen molar-refractivity contribution in [3.05, 3.63) is 33.7 Å². The minimum Gasteiger partial charge on any atom is -0.315 e. The monoisotopic (exact) mass is 247 g/mol. The number of hydrogen-bond donors (Lipinski definition) is 1. The van der Waals surface area contributed by atoms with E-state index in [0.717, 1.165) is 6.54 Å². The van der Waals surface area contributed by atoms with Crippen LogP contribution in [0.4, 0.5) is 0 Å². The Bertz CT molecular complexity index is 525. The van der Waals surface area contributed by atoms with E-state index in [0.29, 0.717) is 0 Å². The number of thiophene rings is 1. The van der Waals surface area contributed by atoms with Crippen molar-refractivity contribution in [1.82, 2.24) is 5.32 Å². The molecule has 0 amide bonds. The fourth-order valence-corrected chi connectivity index (χ4v) is 3.79. The standard InChI is InChI=1S/C15H21NS/c1-5-6-12-13-8-10(2)7-11(3)15(13)17-14(12)9-16-4/h7-8,16H,5-6,9H2,1-4H3. The van der Waals surface area contributed by atoms with Crippen molar-refractivity contribution in [3.63, 3.8) is 0 Å². The SMILES string of the molecule is CCCc1c(CNC)sc2c(C)cc(C)cc12. The summed E-state index contributed by atoms with van der Waals surface area (Å²) >= 11 is 1.96. The average Bonchev–Trinajstić information content (AvgIpc) is 2.59. The molecule has 0 radical (unpaired) electrons. The third-order valence-electron chi connectivity index (χ3n) is 3.14. The van der Waals surface area contributed by atoms with E-state index in [2.05, 4.69) is 38.2 Å². The highest BCUT2D eigenvalue weighted by atomic mass is 32.1. The van der Waals surface area contributed by atoms with E-state index >= 15 is 0 Å². The molecule has 1 N–H and O–H groups in total. The van der Waals surface area contributed by atoms with Gasteiger partial charge in [0.15, 0.2) is 0 Å². The van der Waals surface area contributed by atoms with Gasteiger partial charge in [0.2, 0.25) is 0 Å². The summed E-state index contributed by atoms with van der Waals surface area (Å²) in [4.78, 5) is 1.51. The van der Waals surface area contributed by atoms with Gasteiger partial charge in [-0.25, -0.2) is 0 Å². The highest BCUT2D eigenvalue weighted by Crippen LogP contribution is 2.35. The third kappa shape index (κ3) is 2.38. The van der Waals surface area contributed by atoms with Gasteiger partial charge in [0.1, 0.15) is 0 Å². The molecule has 17 heavy (non-hydrogen) atoms. The number of rotatable bonds is 4. The first kappa shape index (κ1) is 12.6. The summed E-state index contributed by atoms with van der Waals surface area (Å²) in [6.07, 6.45) is 2.41. The maximum absolute atomic E-state index is 3.29. The third-order valence-corrected chi connectivity index (χ3v) is 4.53. The molecule has 0 aliphatic heterocycles. The smallest absolute Gasteiger partial charge is 0.0378 e. The summed E-state index contributed by atoms with van der Waals surface area (Å²) in [5, 5.41) is 4.77. The second-order valence-corrected chi connectivity index (χ2v) is 5.85. The molecule has 0 spiro atoms. The zero-order valence-corrected chi connectivity index (χ0v) is 12.0. The van der Waals surface area contributed by atoms with Crippen molar-refractivity contribution in [3.8, 4) is 0 Å². The van der Waals surface area contributed by atoms with E-state index in [1.165, 1.54) is 38.9 Å². The Balaban J connectivity index is 2.66. The molecular formula is C15H21NS. The van der Waals surface area contributed by atoms with E-state index in [1.54, 1.807) is 5.56 Å². The zero-order chi connectivity index (χ0) is 12.4. The second kappa shape index (κ2) is 5.19. The van der Waals surface area contributed by atoms with Gasteiger partial charge in [-0.2, -0.15) is 0 Å². The Morgan fingerprint density at radius 3 is 2.65 bits per heavy atom. The second-order valence-electron chi connectivity index (χ2n) is 4.74. The summed E-state index contributed by atoms with van der Waals surface area (Å²) in [7, 11) is 2.03. The minimum atomic E-state index is 0.993. The fourth-order valence-electron chi connectivity index (χ4n) is 2.48. The molecule has 0 atom stereocenters. The highest BCUT2D eigenvalue weighted by molar-refractivity contribution is 7.19.